The van der Waals surface area contributed by atoms with Crippen molar-refractivity contribution in [1.82, 2.24) is 4.31 Å². The van der Waals surface area contributed by atoms with Crippen LogP contribution in [0.5, 0.6) is 0 Å². The van der Waals surface area contributed by atoms with Gasteiger partial charge >= 0.3 is 0 Å². The van der Waals surface area contributed by atoms with Gasteiger partial charge in [-0.2, -0.15) is 4.31 Å². The summed E-state index contributed by atoms with van der Waals surface area (Å²) in [6.45, 7) is 2.85. The molecule has 2 rings (SSSR count). The molecule has 1 fully saturated rings. The monoisotopic (exact) mass is 302 g/mol. The molecule has 20 heavy (non-hydrogen) atoms. The lowest BCUT2D eigenvalue weighted by Crippen LogP contribution is -2.36. The number of nitrogens with zero attached hydrogens (tertiary/aromatic N) is 1. The molecular weight excluding hydrogens is 283 g/mol. The minimum atomic E-state index is -3.77. The molecule has 0 heterocycles. The molecule has 1 aliphatic carbocycles. The number of sulfonamides is 1. The predicted octanol–water partition coefficient (Wildman–Crippen LogP) is 1.17. The van der Waals surface area contributed by atoms with Gasteiger partial charge in [0.2, 0.25) is 10.0 Å². The quantitative estimate of drug-likeness (QED) is 0.800. The molecule has 0 bridgehead atoms. The largest absolute Gasteiger partial charge is 0.396 e. The molecule has 5 nitrogen and oxygen atoms in total. The highest BCUT2D eigenvalue weighted by molar-refractivity contribution is 7.89. The number of hydrogen-bond acceptors (Lipinski definition) is 4. The molecule has 0 saturated heterocycles. The van der Waals surface area contributed by atoms with Crippen molar-refractivity contribution in [3.63, 3.8) is 0 Å². The number of aryl methyl sites for hydroxylation is 1. The van der Waals surface area contributed by atoms with Crippen LogP contribution in [0.4, 0.5) is 10.1 Å². The van der Waals surface area contributed by atoms with E-state index in [-0.39, 0.29) is 35.3 Å². The maximum absolute atomic E-state index is 13.6. The van der Waals surface area contributed by atoms with E-state index in [1.165, 1.54) is 11.2 Å². The standard InChI is InChI=1S/C13H19FN2O3S/c1-8-7-11(14)12(15)9(2)13(8)20(18,19)16(5-6-17)10-3-4-10/h7,10,17H,3-6,15H2,1-2H3. The van der Waals surface area contributed by atoms with E-state index in [4.69, 9.17) is 10.8 Å². The molecule has 0 unspecified atom stereocenters. The summed E-state index contributed by atoms with van der Waals surface area (Å²) < 4.78 is 40.3. The molecule has 0 aromatic heterocycles. The van der Waals surface area contributed by atoms with Gasteiger partial charge in [-0.1, -0.05) is 0 Å². The molecule has 1 aromatic rings. The lowest BCUT2D eigenvalue weighted by molar-refractivity contribution is 0.250. The molecule has 0 radical (unpaired) electrons. The number of aliphatic hydroxyl groups is 1. The molecule has 1 saturated carbocycles. The Labute approximate surface area is 118 Å². The Hall–Kier alpha value is -1.18. The van der Waals surface area contributed by atoms with Gasteiger partial charge in [-0.15, -0.1) is 0 Å². The minimum absolute atomic E-state index is 0.0448. The van der Waals surface area contributed by atoms with Crippen molar-refractivity contribution in [2.45, 2.75) is 37.6 Å². The second kappa shape index (κ2) is 5.31. The van der Waals surface area contributed by atoms with E-state index in [9.17, 15) is 12.8 Å². The third-order valence-electron chi connectivity index (χ3n) is 3.54. The Kier molecular flexibility index (Phi) is 4.04. The molecule has 0 atom stereocenters. The Bertz CT molecular complexity index is 627. The third kappa shape index (κ3) is 2.53. The van der Waals surface area contributed by atoms with Crippen LogP contribution < -0.4 is 5.73 Å². The first-order valence-electron chi connectivity index (χ1n) is 6.48. The molecule has 1 aromatic carbocycles. The van der Waals surface area contributed by atoms with Gasteiger partial charge in [0.25, 0.3) is 0 Å². The highest BCUT2D eigenvalue weighted by atomic mass is 32.2. The van der Waals surface area contributed by atoms with Crippen molar-refractivity contribution in [2.24, 2.45) is 0 Å². The molecule has 7 heteroatoms. The number of aliphatic hydroxyl groups excluding tert-OH is 1. The molecule has 0 aliphatic heterocycles. The topological polar surface area (TPSA) is 83.6 Å². The van der Waals surface area contributed by atoms with E-state index >= 15 is 0 Å². The maximum Gasteiger partial charge on any atom is 0.244 e. The first kappa shape index (κ1) is 15.2. The van der Waals surface area contributed by atoms with Crippen LogP contribution >= 0.6 is 0 Å². The second-order valence-corrected chi connectivity index (χ2v) is 6.94. The molecule has 112 valence electrons. The SMILES string of the molecule is Cc1cc(F)c(N)c(C)c1S(=O)(=O)N(CCO)C1CC1. The second-order valence-electron chi connectivity index (χ2n) is 5.11. The minimum Gasteiger partial charge on any atom is -0.396 e. The zero-order valence-corrected chi connectivity index (χ0v) is 12.4. The first-order valence-corrected chi connectivity index (χ1v) is 7.92. The smallest absolute Gasteiger partial charge is 0.244 e. The number of halogens is 1. The van der Waals surface area contributed by atoms with Crippen LogP contribution in [0.2, 0.25) is 0 Å². The Balaban J connectivity index is 2.56. The van der Waals surface area contributed by atoms with Gasteiger partial charge < -0.3 is 10.8 Å². The zero-order valence-electron chi connectivity index (χ0n) is 11.6. The molecular formula is C13H19FN2O3S. The lowest BCUT2D eigenvalue weighted by atomic mass is 10.1. The van der Waals surface area contributed by atoms with Crippen LogP contribution in [0.15, 0.2) is 11.0 Å². The van der Waals surface area contributed by atoms with E-state index in [2.05, 4.69) is 0 Å². The maximum atomic E-state index is 13.6. The van der Waals surface area contributed by atoms with Gasteiger partial charge in [0.15, 0.2) is 0 Å². The van der Waals surface area contributed by atoms with Crippen molar-refractivity contribution in [2.75, 3.05) is 18.9 Å². The average molecular weight is 302 g/mol. The van der Waals surface area contributed by atoms with E-state index in [1.54, 1.807) is 6.92 Å². The summed E-state index contributed by atoms with van der Waals surface area (Å²) >= 11 is 0. The Morgan fingerprint density at radius 2 is 2.05 bits per heavy atom. The molecule has 0 spiro atoms. The number of hydrogen-bond donors (Lipinski definition) is 2. The number of rotatable bonds is 5. The van der Waals surface area contributed by atoms with Crippen LogP contribution in [-0.2, 0) is 10.0 Å². The van der Waals surface area contributed by atoms with Crippen LogP contribution in [-0.4, -0.2) is 37.0 Å². The fourth-order valence-corrected chi connectivity index (χ4v) is 4.53. The van der Waals surface area contributed by atoms with Crippen molar-refractivity contribution in [1.29, 1.82) is 0 Å². The van der Waals surface area contributed by atoms with Crippen molar-refractivity contribution in [3.8, 4) is 0 Å². The number of nitrogen functional groups attached to an aromatic ring is 1. The average Bonchev–Trinajstić information content (AvgIpc) is 3.16. The number of nitrogens with two attached hydrogens (primary N) is 1. The van der Waals surface area contributed by atoms with Gasteiger partial charge in [0.1, 0.15) is 5.82 Å². The van der Waals surface area contributed by atoms with E-state index in [0.717, 1.165) is 18.9 Å². The van der Waals surface area contributed by atoms with Crippen LogP contribution in [0.1, 0.15) is 24.0 Å². The van der Waals surface area contributed by atoms with Crippen LogP contribution in [0.3, 0.4) is 0 Å². The molecule has 1 aliphatic rings. The summed E-state index contributed by atoms with van der Waals surface area (Å²) in [6, 6.07) is 1.07. The van der Waals surface area contributed by atoms with Gasteiger partial charge in [-0.3, -0.25) is 0 Å². The van der Waals surface area contributed by atoms with E-state index in [1.807, 2.05) is 0 Å². The van der Waals surface area contributed by atoms with Crippen LogP contribution in [0, 0.1) is 19.7 Å². The Morgan fingerprint density at radius 3 is 2.55 bits per heavy atom. The summed E-state index contributed by atoms with van der Waals surface area (Å²) in [6.07, 6.45) is 1.57. The third-order valence-corrected chi connectivity index (χ3v) is 5.79. The van der Waals surface area contributed by atoms with E-state index < -0.39 is 15.8 Å². The number of anilines is 1. The Morgan fingerprint density at radius 1 is 1.45 bits per heavy atom. The number of benzene rings is 1. The fourth-order valence-electron chi connectivity index (χ4n) is 2.40. The molecule has 0 amide bonds. The van der Waals surface area contributed by atoms with Crippen molar-refractivity contribution < 1.29 is 17.9 Å². The lowest BCUT2D eigenvalue weighted by Gasteiger charge is -2.23. The normalized spacial score (nSPS) is 15.8. The predicted molar refractivity (Wildman–Crippen MR) is 74.3 cm³/mol. The van der Waals surface area contributed by atoms with Gasteiger partial charge in [0.05, 0.1) is 17.2 Å². The highest BCUT2D eigenvalue weighted by Gasteiger charge is 2.39. The fraction of sp³-hybridized carbons (Fsp3) is 0.538. The summed E-state index contributed by atoms with van der Waals surface area (Å²) in [5.74, 6) is -0.612. The first-order chi connectivity index (χ1) is 9.30. The summed E-state index contributed by atoms with van der Waals surface area (Å²) in [4.78, 5) is 0.0525. The van der Waals surface area contributed by atoms with Crippen molar-refractivity contribution in [3.05, 3.63) is 23.0 Å². The summed E-state index contributed by atoms with van der Waals surface area (Å²) in [7, 11) is -3.77. The summed E-state index contributed by atoms with van der Waals surface area (Å²) in [5.41, 5.74) is 6.02. The van der Waals surface area contributed by atoms with Gasteiger partial charge in [0, 0.05) is 12.6 Å². The van der Waals surface area contributed by atoms with Crippen molar-refractivity contribution >= 4 is 15.7 Å². The molecule has 3 N–H and O–H groups in total. The van der Waals surface area contributed by atoms with Gasteiger partial charge in [-0.05, 0) is 43.9 Å². The van der Waals surface area contributed by atoms with E-state index in [0.29, 0.717) is 5.56 Å². The van der Waals surface area contributed by atoms with Crippen LogP contribution in [0.25, 0.3) is 0 Å². The zero-order chi connectivity index (χ0) is 15.1. The highest BCUT2D eigenvalue weighted by Crippen LogP contribution is 2.35. The van der Waals surface area contributed by atoms with Gasteiger partial charge in [-0.25, -0.2) is 12.8 Å². The summed E-state index contributed by atoms with van der Waals surface area (Å²) in [5, 5.41) is 9.07.